The highest BCUT2D eigenvalue weighted by molar-refractivity contribution is 6.91. The quantitative estimate of drug-likeness (QED) is 0.164. The SMILES string of the molecule is c1ccc2c(c1)-c1cccc3c1B1N2c2oc4c(c2N1c1ccccc1-3)N1B2c3c(cccc3-c3ccccc31)-c1ccccc1N24. The van der Waals surface area contributed by atoms with Gasteiger partial charge in [-0.25, -0.2) is 0 Å². The molecule has 6 aliphatic heterocycles. The summed E-state index contributed by atoms with van der Waals surface area (Å²) in [5, 5.41) is 0. The molecule has 1 aromatic heterocycles. The van der Waals surface area contributed by atoms with E-state index in [1.54, 1.807) is 0 Å². The van der Waals surface area contributed by atoms with E-state index in [9.17, 15) is 0 Å². The molecule has 6 aromatic carbocycles. The zero-order valence-corrected chi connectivity index (χ0v) is 25.1. The first kappa shape index (κ1) is 23.3. The van der Waals surface area contributed by atoms with E-state index >= 15 is 0 Å². The van der Waals surface area contributed by atoms with Crippen molar-refractivity contribution in [2.45, 2.75) is 0 Å². The molecule has 0 saturated carbocycles. The second-order valence-electron chi connectivity index (χ2n) is 13.2. The number of nitrogens with zero attached hydrogens (tertiary/aromatic N) is 4. The fourth-order valence-corrected chi connectivity index (χ4v) is 9.62. The summed E-state index contributed by atoms with van der Waals surface area (Å²) in [6, 6.07) is 49.1. The zero-order valence-electron chi connectivity index (χ0n) is 25.1. The fraction of sp³-hybridized carbons (Fsp3) is 0. The Morgan fingerprint density at radius 3 is 0.979 bits per heavy atom. The number of benzene rings is 6. The highest BCUT2D eigenvalue weighted by Crippen LogP contribution is 2.67. The molecule has 0 bridgehead atoms. The number of rotatable bonds is 0. The molecular formula is C40H22B2N4O. The molecule has 0 saturated heterocycles. The summed E-state index contributed by atoms with van der Waals surface area (Å²) in [5.41, 5.74) is 20.0. The van der Waals surface area contributed by atoms with Crippen LogP contribution in [0.4, 0.5) is 45.9 Å². The summed E-state index contributed by atoms with van der Waals surface area (Å²) >= 11 is 0. The molecule has 0 radical (unpaired) electrons. The Morgan fingerprint density at radius 2 is 0.617 bits per heavy atom. The molecule has 0 aliphatic carbocycles. The minimum Gasteiger partial charge on any atom is -0.422 e. The standard InChI is InChI=1S/C40H22B2N4O/c1-5-19-31-23(11-1)27-15-9-17-29-25-13-3-7-21-33(25)45-39-37(43(31)41(45)35(27)29)38-40(47-39)46-34-22-8-4-14-26(34)30-18-10-16-28-24-12-2-6-20-32(24)44(38)42(46)36(28)30/h1-22H. The molecule has 47 heavy (non-hydrogen) atoms. The van der Waals surface area contributed by atoms with Gasteiger partial charge < -0.3 is 23.7 Å². The van der Waals surface area contributed by atoms with Gasteiger partial charge in [-0.3, -0.25) is 0 Å². The molecule has 7 heteroatoms. The maximum atomic E-state index is 7.36. The van der Waals surface area contributed by atoms with Crippen molar-refractivity contribution in [2.24, 2.45) is 0 Å². The first-order chi connectivity index (χ1) is 23.4. The van der Waals surface area contributed by atoms with Gasteiger partial charge in [0.1, 0.15) is 11.4 Å². The molecule has 214 valence electrons. The van der Waals surface area contributed by atoms with Crippen molar-refractivity contribution in [3.8, 4) is 44.5 Å². The molecule has 0 atom stereocenters. The number of anilines is 8. The van der Waals surface area contributed by atoms with Gasteiger partial charge in [-0.1, -0.05) is 109 Å². The summed E-state index contributed by atoms with van der Waals surface area (Å²) in [5.74, 6) is 1.81. The van der Waals surface area contributed by atoms with E-state index < -0.39 is 0 Å². The Balaban J connectivity index is 1.19. The Labute approximate surface area is 271 Å². The van der Waals surface area contributed by atoms with Crippen molar-refractivity contribution in [2.75, 3.05) is 19.2 Å². The second-order valence-corrected chi connectivity index (χ2v) is 13.2. The molecule has 5 nitrogen and oxygen atoms in total. The summed E-state index contributed by atoms with van der Waals surface area (Å²) < 4.78 is 7.36. The molecule has 0 N–H and O–H groups in total. The minimum atomic E-state index is -0.0437. The average Bonchev–Trinajstić information content (AvgIpc) is 3.78. The van der Waals surface area contributed by atoms with Gasteiger partial charge in [0.05, 0.1) is 0 Å². The Morgan fingerprint density at radius 1 is 0.319 bits per heavy atom. The van der Waals surface area contributed by atoms with E-state index in [0.717, 1.165) is 23.1 Å². The van der Waals surface area contributed by atoms with E-state index in [1.165, 1.54) is 78.2 Å². The average molecular weight is 596 g/mol. The van der Waals surface area contributed by atoms with Gasteiger partial charge in [0.15, 0.2) is 0 Å². The van der Waals surface area contributed by atoms with Crippen LogP contribution >= 0.6 is 0 Å². The predicted octanol–water partition coefficient (Wildman–Crippen LogP) is 8.57. The van der Waals surface area contributed by atoms with Crippen LogP contribution in [0, 0.1) is 0 Å². The monoisotopic (exact) mass is 596 g/mol. The van der Waals surface area contributed by atoms with Crippen LogP contribution in [0.15, 0.2) is 138 Å². The Bertz CT molecular complexity index is 2410. The Kier molecular flexibility index (Phi) is 3.79. The maximum absolute atomic E-state index is 7.36. The molecule has 7 aromatic rings. The van der Waals surface area contributed by atoms with Gasteiger partial charge in [-0.2, -0.15) is 0 Å². The van der Waals surface area contributed by atoms with Crippen molar-refractivity contribution >= 4 is 70.8 Å². The summed E-state index contributed by atoms with van der Waals surface area (Å²) in [7, 11) is 0. The van der Waals surface area contributed by atoms with Crippen LogP contribution in [0.25, 0.3) is 44.5 Å². The number of furan rings is 1. The molecule has 6 aliphatic rings. The van der Waals surface area contributed by atoms with Crippen molar-refractivity contribution in [3.63, 3.8) is 0 Å². The smallest absolute Gasteiger partial charge is 0.422 e. The van der Waals surface area contributed by atoms with Crippen LogP contribution in [0.2, 0.25) is 0 Å². The van der Waals surface area contributed by atoms with Crippen molar-refractivity contribution in [3.05, 3.63) is 133 Å². The summed E-state index contributed by atoms with van der Waals surface area (Å²) in [6.07, 6.45) is 0. The molecule has 0 amide bonds. The lowest BCUT2D eigenvalue weighted by molar-refractivity contribution is 0.591. The normalized spacial score (nSPS) is 15.4. The Hall–Kier alpha value is -6.07. The van der Waals surface area contributed by atoms with Crippen LogP contribution in [-0.4, -0.2) is 14.0 Å². The van der Waals surface area contributed by atoms with E-state index in [0.29, 0.717) is 0 Å². The van der Waals surface area contributed by atoms with Gasteiger partial charge in [-0.15, -0.1) is 0 Å². The third-order valence-electron chi connectivity index (χ3n) is 11.3. The van der Waals surface area contributed by atoms with E-state index in [1.807, 2.05) is 0 Å². The summed E-state index contributed by atoms with van der Waals surface area (Å²) in [4.78, 5) is 10.1. The lowest BCUT2D eigenvalue weighted by atomic mass is 9.55. The molecule has 7 heterocycles. The number of hydrogen-bond acceptors (Lipinski definition) is 5. The largest absolute Gasteiger partial charge is 0.424 e. The van der Waals surface area contributed by atoms with Crippen molar-refractivity contribution in [1.82, 2.24) is 0 Å². The van der Waals surface area contributed by atoms with Gasteiger partial charge in [0, 0.05) is 45.0 Å². The predicted molar refractivity (Wildman–Crippen MR) is 193 cm³/mol. The van der Waals surface area contributed by atoms with Crippen LogP contribution in [0.5, 0.6) is 0 Å². The summed E-state index contributed by atoms with van der Waals surface area (Å²) in [6.45, 7) is -0.0873. The van der Waals surface area contributed by atoms with Crippen molar-refractivity contribution < 1.29 is 4.42 Å². The van der Waals surface area contributed by atoms with E-state index in [4.69, 9.17) is 4.42 Å². The van der Waals surface area contributed by atoms with E-state index in [2.05, 4.69) is 153 Å². The molecule has 0 unspecified atom stereocenters. The molecule has 0 fully saturated rings. The third kappa shape index (κ3) is 2.42. The van der Waals surface area contributed by atoms with Gasteiger partial charge >= 0.3 is 14.0 Å². The van der Waals surface area contributed by atoms with Crippen LogP contribution in [0.1, 0.15) is 0 Å². The second kappa shape index (κ2) is 7.65. The zero-order chi connectivity index (χ0) is 30.1. The number of hydrogen-bond donors (Lipinski definition) is 0. The van der Waals surface area contributed by atoms with Gasteiger partial charge in [0.2, 0.25) is 11.8 Å². The van der Waals surface area contributed by atoms with Crippen molar-refractivity contribution in [1.29, 1.82) is 0 Å². The maximum Gasteiger partial charge on any atom is 0.424 e. The lowest BCUT2D eigenvalue weighted by Crippen LogP contribution is -2.58. The highest BCUT2D eigenvalue weighted by Gasteiger charge is 2.61. The number of para-hydroxylation sites is 4. The van der Waals surface area contributed by atoms with E-state index in [-0.39, 0.29) is 14.0 Å². The first-order valence-electron chi connectivity index (χ1n) is 16.4. The molecule has 0 spiro atoms. The topological polar surface area (TPSA) is 26.1 Å². The minimum absolute atomic E-state index is 0.0437. The lowest BCUT2D eigenvalue weighted by Gasteiger charge is -2.41. The fourth-order valence-electron chi connectivity index (χ4n) is 9.62. The highest BCUT2D eigenvalue weighted by atomic mass is 16.4. The first-order valence-corrected chi connectivity index (χ1v) is 16.4. The number of fused-ring (bicyclic) bond motifs is 19. The van der Waals surface area contributed by atoms with Crippen LogP contribution in [0.3, 0.4) is 0 Å². The third-order valence-corrected chi connectivity index (χ3v) is 11.3. The van der Waals surface area contributed by atoms with Gasteiger partial charge in [0.25, 0.3) is 0 Å². The van der Waals surface area contributed by atoms with Gasteiger partial charge in [-0.05, 0) is 57.4 Å². The van der Waals surface area contributed by atoms with Crippen LogP contribution < -0.4 is 30.2 Å². The molecular weight excluding hydrogens is 574 g/mol. The van der Waals surface area contributed by atoms with Crippen LogP contribution in [-0.2, 0) is 0 Å². The molecule has 13 rings (SSSR count).